The number of phenolic OH excluding ortho intramolecular Hbond substituents is 1. The number of aryl methyl sites for hydroxylation is 1. The first-order chi connectivity index (χ1) is 9.79. The summed E-state index contributed by atoms with van der Waals surface area (Å²) in [5, 5.41) is 20.0. The minimum absolute atomic E-state index is 0.233. The van der Waals surface area contributed by atoms with Gasteiger partial charge in [0.05, 0.1) is 21.7 Å². The van der Waals surface area contributed by atoms with E-state index < -0.39 is 26.4 Å². The van der Waals surface area contributed by atoms with Crippen LogP contribution < -0.4 is 4.72 Å². The molecule has 0 fully saturated rings. The van der Waals surface area contributed by atoms with Crippen molar-refractivity contribution in [2.24, 2.45) is 0 Å². The Bertz CT molecular complexity index is 787. The number of phenols is 1. The fraction of sp³-hybridized carbons (Fsp3) is 0.0833. The van der Waals surface area contributed by atoms with Gasteiger partial charge in [-0.15, -0.1) is 0 Å². The van der Waals surface area contributed by atoms with Gasteiger partial charge in [0, 0.05) is 11.8 Å². The van der Waals surface area contributed by atoms with Gasteiger partial charge in [-0.25, -0.2) is 8.42 Å². The molecule has 0 aliphatic carbocycles. The normalized spacial score (nSPS) is 11.1. The van der Waals surface area contributed by atoms with E-state index in [-0.39, 0.29) is 10.6 Å². The van der Waals surface area contributed by atoms with E-state index in [0.717, 1.165) is 23.9 Å². The molecule has 2 N–H and O–H groups in total. The van der Waals surface area contributed by atoms with E-state index >= 15 is 0 Å². The van der Waals surface area contributed by atoms with Crippen LogP contribution in [0, 0.1) is 17.0 Å². The quantitative estimate of drug-likeness (QED) is 0.656. The number of aromatic hydroxyl groups is 1. The molecule has 1 aromatic heterocycles. The van der Waals surface area contributed by atoms with Gasteiger partial charge in [-0.2, -0.15) is 0 Å². The molecule has 0 radical (unpaired) electrons. The number of nitro groups is 1. The molecule has 0 amide bonds. The third kappa shape index (κ3) is 3.26. The lowest BCUT2D eigenvalue weighted by Gasteiger charge is -2.08. The number of sulfonamides is 1. The van der Waals surface area contributed by atoms with Crippen LogP contribution in [0.1, 0.15) is 5.69 Å². The lowest BCUT2D eigenvalue weighted by Crippen LogP contribution is -2.13. The van der Waals surface area contributed by atoms with Crippen molar-refractivity contribution in [3.05, 3.63) is 52.3 Å². The Labute approximate surface area is 120 Å². The Hall–Kier alpha value is -2.68. The van der Waals surface area contributed by atoms with E-state index in [4.69, 9.17) is 0 Å². The molecule has 0 saturated heterocycles. The maximum Gasteiger partial charge on any atom is 0.312 e. The van der Waals surface area contributed by atoms with Crippen LogP contribution in [-0.2, 0) is 10.0 Å². The largest absolute Gasteiger partial charge is 0.502 e. The lowest BCUT2D eigenvalue weighted by atomic mass is 10.3. The van der Waals surface area contributed by atoms with E-state index in [1.54, 1.807) is 13.0 Å². The van der Waals surface area contributed by atoms with Gasteiger partial charge in [0.25, 0.3) is 10.0 Å². The van der Waals surface area contributed by atoms with Crippen LogP contribution in [0.15, 0.2) is 41.4 Å². The number of nitrogens with zero attached hydrogens (tertiary/aromatic N) is 2. The third-order valence-corrected chi connectivity index (χ3v) is 4.00. The van der Waals surface area contributed by atoms with Gasteiger partial charge in [0.1, 0.15) is 0 Å². The average molecular weight is 309 g/mol. The van der Waals surface area contributed by atoms with Crippen LogP contribution in [0.25, 0.3) is 0 Å². The first kappa shape index (κ1) is 14.7. The fourth-order valence-electron chi connectivity index (χ4n) is 1.56. The molecule has 0 atom stereocenters. The average Bonchev–Trinajstić information content (AvgIpc) is 2.41. The number of benzene rings is 1. The van der Waals surface area contributed by atoms with Crippen molar-refractivity contribution < 1.29 is 18.4 Å². The van der Waals surface area contributed by atoms with Crippen LogP contribution in [0.3, 0.4) is 0 Å². The van der Waals surface area contributed by atoms with E-state index in [2.05, 4.69) is 9.71 Å². The Balaban J connectivity index is 2.38. The van der Waals surface area contributed by atoms with Gasteiger partial charge in [0.15, 0.2) is 5.75 Å². The predicted octanol–water partition coefficient (Wildman–Crippen LogP) is 1.80. The van der Waals surface area contributed by atoms with E-state index in [1.807, 2.05) is 0 Å². The molecular formula is C12H11N3O5S. The summed E-state index contributed by atoms with van der Waals surface area (Å²) in [4.78, 5) is 13.5. The number of nitrogens with one attached hydrogen (secondary N) is 1. The summed E-state index contributed by atoms with van der Waals surface area (Å²) in [5.41, 5.74) is 0.273. The highest BCUT2D eigenvalue weighted by Crippen LogP contribution is 2.28. The Morgan fingerprint density at radius 3 is 2.57 bits per heavy atom. The molecule has 0 spiro atoms. The van der Waals surface area contributed by atoms with Crippen LogP contribution in [0.5, 0.6) is 5.75 Å². The highest BCUT2D eigenvalue weighted by atomic mass is 32.2. The van der Waals surface area contributed by atoms with Gasteiger partial charge >= 0.3 is 5.69 Å². The summed E-state index contributed by atoms with van der Waals surface area (Å²) >= 11 is 0. The van der Waals surface area contributed by atoms with Crippen molar-refractivity contribution in [1.29, 1.82) is 0 Å². The molecule has 2 aromatic rings. The molecule has 110 valence electrons. The zero-order valence-corrected chi connectivity index (χ0v) is 11.7. The van der Waals surface area contributed by atoms with Crippen molar-refractivity contribution >= 4 is 21.4 Å². The highest BCUT2D eigenvalue weighted by molar-refractivity contribution is 7.92. The highest BCUT2D eigenvalue weighted by Gasteiger charge is 2.21. The molecule has 0 unspecified atom stereocenters. The molecule has 0 bridgehead atoms. The number of anilines is 1. The van der Waals surface area contributed by atoms with Crippen molar-refractivity contribution in [3.8, 4) is 5.75 Å². The van der Waals surface area contributed by atoms with Crippen molar-refractivity contribution in [1.82, 2.24) is 4.98 Å². The number of aromatic nitrogens is 1. The maximum absolute atomic E-state index is 12.1. The van der Waals surface area contributed by atoms with E-state index in [1.165, 1.54) is 12.3 Å². The van der Waals surface area contributed by atoms with Crippen LogP contribution in [0.4, 0.5) is 11.4 Å². The van der Waals surface area contributed by atoms with Gasteiger partial charge in [-0.1, -0.05) is 0 Å². The third-order valence-electron chi connectivity index (χ3n) is 2.62. The minimum Gasteiger partial charge on any atom is -0.502 e. The summed E-state index contributed by atoms with van der Waals surface area (Å²) in [6.45, 7) is 1.75. The summed E-state index contributed by atoms with van der Waals surface area (Å²) in [6.07, 6.45) is 1.34. The van der Waals surface area contributed by atoms with Crippen molar-refractivity contribution in [2.75, 3.05) is 4.72 Å². The Kier molecular flexibility index (Phi) is 3.76. The molecule has 0 aliphatic heterocycles. The number of hydrogen-bond donors (Lipinski definition) is 2. The summed E-state index contributed by atoms with van der Waals surface area (Å²) < 4.78 is 26.5. The van der Waals surface area contributed by atoms with Crippen LogP contribution in [-0.4, -0.2) is 23.4 Å². The number of hydrogen-bond acceptors (Lipinski definition) is 6. The van der Waals surface area contributed by atoms with E-state index in [0.29, 0.717) is 0 Å². The lowest BCUT2D eigenvalue weighted by molar-refractivity contribution is -0.386. The Morgan fingerprint density at radius 1 is 1.29 bits per heavy atom. The minimum atomic E-state index is -4.00. The standard InChI is InChI=1S/C12H11N3O5S/c1-8-2-3-9(7-13-8)14-21(19,20)10-4-5-12(16)11(6-10)15(17)18/h2-7,14,16H,1H3. The molecule has 9 heteroatoms. The van der Waals surface area contributed by atoms with Gasteiger partial charge in [-0.05, 0) is 31.2 Å². The van der Waals surface area contributed by atoms with Crippen molar-refractivity contribution in [2.45, 2.75) is 11.8 Å². The maximum atomic E-state index is 12.1. The smallest absolute Gasteiger partial charge is 0.312 e. The zero-order valence-electron chi connectivity index (χ0n) is 10.8. The second-order valence-corrected chi connectivity index (χ2v) is 5.88. The van der Waals surface area contributed by atoms with E-state index in [9.17, 15) is 23.6 Å². The monoisotopic (exact) mass is 309 g/mol. The topological polar surface area (TPSA) is 122 Å². The van der Waals surface area contributed by atoms with Crippen LogP contribution >= 0.6 is 0 Å². The van der Waals surface area contributed by atoms with Crippen LogP contribution in [0.2, 0.25) is 0 Å². The van der Waals surface area contributed by atoms with Gasteiger partial charge < -0.3 is 5.11 Å². The summed E-state index contributed by atoms with van der Waals surface area (Å²) in [5.74, 6) is -0.601. The predicted molar refractivity (Wildman–Crippen MR) is 74.5 cm³/mol. The molecule has 0 aliphatic rings. The second-order valence-electron chi connectivity index (χ2n) is 4.20. The van der Waals surface area contributed by atoms with Crippen molar-refractivity contribution in [3.63, 3.8) is 0 Å². The summed E-state index contributed by atoms with van der Waals surface area (Å²) in [7, 11) is -4.00. The molecule has 21 heavy (non-hydrogen) atoms. The second kappa shape index (κ2) is 5.37. The first-order valence-corrected chi connectivity index (χ1v) is 7.21. The SMILES string of the molecule is Cc1ccc(NS(=O)(=O)c2ccc(O)c([N+](=O)[O-])c2)cn1. The molecule has 1 aromatic carbocycles. The molecule has 2 rings (SSSR count). The van der Waals surface area contributed by atoms with Gasteiger partial charge in [-0.3, -0.25) is 19.8 Å². The molecular weight excluding hydrogens is 298 g/mol. The van der Waals surface area contributed by atoms with Gasteiger partial charge in [0.2, 0.25) is 0 Å². The number of pyridine rings is 1. The molecule has 0 saturated carbocycles. The fourth-order valence-corrected chi connectivity index (χ4v) is 2.62. The Morgan fingerprint density at radius 2 is 2.00 bits per heavy atom. The molecule has 8 nitrogen and oxygen atoms in total. The number of nitro benzene ring substituents is 1. The zero-order chi connectivity index (χ0) is 15.6. The first-order valence-electron chi connectivity index (χ1n) is 5.72. The summed E-state index contributed by atoms with van der Waals surface area (Å²) in [6, 6.07) is 5.97. The molecule has 1 heterocycles. The number of rotatable bonds is 4.